The number of carbonyl (C=O) groups excluding carboxylic acids is 2. The summed E-state index contributed by atoms with van der Waals surface area (Å²) in [6, 6.07) is 19.1. The fourth-order valence-corrected chi connectivity index (χ4v) is 6.24. The number of nitrogens with one attached hydrogen (secondary N) is 1. The molecule has 1 N–H and O–H groups in total. The molecule has 1 aliphatic rings. The van der Waals surface area contributed by atoms with Crippen molar-refractivity contribution in [3.05, 3.63) is 100 Å². The van der Waals surface area contributed by atoms with E-state index >= 15 is 0 Å². The predicted octanol–water partition coefficient (Wildman–Crippen LogP) is 5.25. The van der Waals surface area contributed by atoms with Crippen molar-refractivity contribution < 1.29 is 22.4 Å². The van der Waals surface area contributed by atoms with Gasteiger partial charge in [0.2, 0.25) is 21.8 Å². The number of halogens is 2. The first-order valence-electron chi connectivity index (χ1n) is 13.6. The van der Waals surface area contributed by atoms with Gasteiger partial charge in [-0.3, -0.25) is 13.9 Å². The normalized spacial score (nSPS) is 14.4. The monoisotopic (exact) mass is 599 g/mol. The number of nitrogens with zero attached hydrogens (tertiary/aromatic N) is 2. The van der Waals surface area contributed by atoms with Crippen LogP contribution in [-0.2, 0) is 32.6 Å². The zero-order valence-corrected chi connectivity index (χ0v) is 24.8. The van der Waals surface area contributed by atoms with Gasteiger partial charge in [0.1, 0.15) is 18.4 Å². The summed E-state index contributed by atoms with van der Waals surface area (Å²) in [6.45, 7) is 0.919. The molecule has 2 amide bonds. The van der Waals surface area contributed by atoms with Gasteiger partial charge in [0.05, 0.1) is 11.9 Å². The Bertz CT molecular complexity index is 1480. The quantitative estimate of drug-likeness (QED) is 0.326. The minimum atomic E-state index is -3.94. The van der Waals surface area contributed by atoms with E-state index in [1.54, 1.807) is 37.3 Å². The number of amides is 2. The third kappa shape index (κ3) is 8.07. The molecular weight excluding hydrogens is 565 g/mol. The number of aryl methyl sites for hydroxylation is 1. The van der Waals surface area contributed by atoms with Gasteiger partial charge in [-0.1, -0.05) is 79.0 Å². The molecule has 4 rings (SSSR count). The first kappa shape index (κ1) is 30.5. The van der Waals surface area contributed by atoms with Crippen LogP contribution in [0.3, 0.4) is 0 Å². The molecule has 1 fully saturated rings. The van der Waals surface area contributed by atoms with Crippen LogP contribution < -0.4 is 9.62 Å². The van der Waals surface area contributed by atoms with Crippen molar-refractivity contribution in [2.24, 2.45) is 0 Å². The van der Waals surface area contributed by atoms with Crippen molar-refractivity contribution in [1.29, 1.82) is 0 Å². The van der Waals surface area contributed by atoms with Crippen molar-refractivity contribution >= 4 is 39.1 Å². The van der Waals surface area contributed by atoms with Crippen LogP contribution in [0.1, 0.15) is 42.4 Å². The number of rotatable bonds is 11. The van der Waals surface area contributed by atoms with Gasteiger partial charge < -0.3 is 10.2 Å². The Labute approximate surface area is 246 Å². The standard InChI is InChI=1S/C31H35ClFN3O4S/c1-22-16-17-25(32)19-28(22)36(41(2,39)40)21-30(37)35(20-24-12-6-9-15-27(24)33)29(18-23-10-4-3-5-11-23)31(38)34-26-13-7-8-14-26/h3-6,9-12,15-17,19,26,29H,7-8,13-14,18,20-21H2,1-2H3,(H,34,38). The maximum atomic E-state index is 14.9. The number of carbonyl (C=O) groups is 2. The number of benzene rings is 3. The zero-order valence-electron chi connectivity index (χ0n) is 23.2. The molecule has 0 spiro atoms. The molecule has 1 unspecified atom stereocenters. The van der Waals surface area contributed by atoms with Crippen LogP contribution in [0.25, 0.3) is 0 Å². The molecule has 3 aromatic carbocycles. The van der Waals surface area contributed by atoms with Gasteiger partial charge in [-0.2, -0.15) is 0 Å². The van der Waals surface area contributed by atoms with Crippen molar-refractivity contribution in [2.45, 2.75) is 57.7 Å². The third-order valence-corrected chi connectivity index (χ3v) is 8.75. The Balaban J connectivity index is 1.75. The maximum absolute atomic E-state index is 14.9. The molecule has 0 aliphatic heterocycles. The van der Waals surface area contributed by atoms with Crippen LogP contribution in [0.5, 0.6) is 0 Å². The molecule has 0 bridgehead atoms. The molecule has 1 atom stereocenters. The predicted molar refractivity (Wildman–Crippen MR) is 160 cm³/mol. The lowest BCUT2D eigenvalue weighted by Gasteiger charge is -2.34. The molecule has 7 nitrogen and oxygen atoms in total. The topological polar surface area (TPSA) is 86.8 Å². The molecule has 41 heavy (non-hydrogen) atoms. The molecule has 0 radical (unpaired) electrons. The van der Waals surface area contributed by atoms with Gasteiger partial charge >= 0.3 is 0 Å². The minimum Gasteiger partial charge on any atom is -0.352 e. The van der Waals surface area contributed by atoms with Gasteiger partial charge in [0, 0.05) is 29.6 Å². The van der Waals surface area contributed by atoms with E-state index in [2.05, 4.69) is 5.32 Å². The number of hydrogen-bond donors (Lipinski definition) is 1. The highest BCUT2D eigenvalue weighted by Gasteiger charge is 2.35. The van der Waals surface area contributed by atoms with E-state index in [0.29, 0.717) is 10.6 Å². The zero-order chi connectivity index (χ0) is 29.6. The Morgan fingerprint density at radius 1 is 1.02 bits per heavy atom. The van der Waals surface area contributed by atoms with Gasteiger partial charge in [0.15, 0.2) is 0 Å². The Morgan fingerprint density at radius 3 is 2.34 bits per heavy atom. The average molecular weight is 600 g/mol. The molecule has 1 aliphatic carbocycles. The van der Waals surface area contributed by atoms with Crippen LogP contribution in [0.2, 0.25) is 5.02 Å². The second kappa shape index (κ2) is 13.5. The van der Waals surface area contributed by atoms with Crippen molar-refractivity contribution in [1.82, 2.24) is 10.2 Å². The Morgan fingerprint density at radius 2 is 1.68 bits per heavy atom. The molecule has 3 aromatic rings. The van der Waals surface area contributed by atoms with Crippen molar-refractivity contribution in [3.8, 4) is 0 Å². The summed E-state index contributed by atoms with van der Waals surface area (Å²) in [5.41, 5.74) is 1.90. The lowest BCUT2D eigenvalue weighted by molar-refractivity contribution is -0.140. The van der Waals surface area contributed by atoms with Gasteiger partial charge in [-0.25, -0.2) is 12.8 Å². The number of hydrogen-bond acceptors (Lipinski definition) is 4. The summed E-state index contributed by atoms with van der Waals surface area (Å²) in [4.78, 5) is 29.3. The lowest BCUT2D eigenvalue weighted by atomic mass is 10.0. The van der Waals surface area contributed by atoms with Crippen LogP contribution in [0.15, 0.2) is 72.8 Å². The second-order valence-electron chi connectivity index (χ2n) is 10.5. The molecular formula is C31H35ClFN3O4S. The summed E-state index contributed by atoms with van der Waals surface area (Å²) in [7, 11) is -3.94. The summed E-state index contributed by atoms with van der Waals surface area (Å²) in [5.74, 6) is -1.51. The smallest absolute Gasteiger partial charge is 0.244 e. The Kier molecular flexibility index (Phi) is 10.0. The Hall–Kier alpha value is -3.43. The molecule has 0 heterocycles. The van der Waals surface area contributed by atoms with E-state index < -0.39 is 34.3 Å². The fraction of sp³-hybridized carbons (Fsp3) is 0.355. The minimum absolute atomic E-state index is 0.00665. The van der Waals surface area contributed by atoms with Crippen LogP contribution in [0, 0.1) is 12.7 Å². The van der Waals surface area contributed by atoms with Crippen molar-refractivity contribution in [3.63, 3.8) is 0 Å². The first-order chi connectivity index (χ1) is 19.5. The van der Waals surface area contributed by atoms with Gasteiger partial charge in [0.25, 0.3) is 0 Å². The first-order valence-corrected chi connectivity index (χ1v) is 15.9. The van der Waals surface area contributed by atoms with Crippen LogP contribution in [-0.4, -0.2) is 50.0 Å². The van der Waals surface area contributed by atoms with E-state index in [-0.39, 0.29) is 36.2 Å². The molecule has 0 aromatic heterocycles. The average Bonchev–Trinajstić information content (AvgIpc) is 3.44. The maximum Gasteiger partial charge on any atom is 0.244 e. The van der Waals surface area contributed by atoms with E-state index in [4.69, 9.17) is 11.6 Å². The highest BCUT2D eigenvalue weighted by Crippen LogP contribution is 2.27. The SMILES string of the molecule is Cc1ccc(Cl)cc1N(CC(=O)N(Cc1ccccc1F)C(Cc1ccccc1)C(=O)NC1CCCC1)S(C)(=O)=O. The van der Waals surface area contributed by atoms with Crippen LogP contribution >= 0.6 is 11.6 Å². The summed E-state index contributed by atoms with van der Waals surface area (Å²) in [5, 5.41) is 3.40. The summed E-state index contributed by atoms with van der Waals surface area (Å²) in [6.07, 6.45) is 4.90. The largest absolute Gasteiger partial charge is 0.352 e. The molecule has 218 valence electrons. The molecule has 0 saturated heterocycles. The lowest BCUT2D eigenvalue weighted by Crippen LogP contribution is -2.54. The molecule has 1 saturated carbocycles. The third-order valence-electron chi connectivity index (χ3n) is 7.39. The molecule has 10 heteroatoms. The van der Waals surface area contributed by atoms with E-state index in [1.807, 2.05) is 30.3 Å². The van der Waals surface area contributed by atoms with Gasteiger partial charge in [-0.05, 0) is 49.1 Å². The van der Waals surface area contributed by atoms with Gasteiger partial charge in [-0.15, -0.1) is 0 Å². The number of sulfonamides is 1. The summed E-state index contributed by atoms with van der Waals surface area (Å²) < 4.78 is 41.8. The van der Waals surface area contributed by atoms with E-state index in [0.717, 1.165) is 41.8 Å². The van der Waals surface area contributed by atoms with Crippen molar-refractivity contribution in [2.75, 3.05) is 17.1 Å². The van der Waals surface area contributed by atoms with Crippen LogP contribution in [0.4, 0.5) is 10.1 Å². The highest BCUT2D eigenvalue weighted by atomic mass is 35.5. The van der Waals surface area contributed by atoms with E-state index in [1.165, 1.54) is 17.0 Å². The highest BCUT2D eigenvalue weighted by molar-refractivity contribution is 7.92. The number of anilines is 1. The summed E-state index contributed by atoms with van der Waals surface area (Å²) >= 11 is 6.19. The van der Waals surface area contributed by atoms with E-state index in [9.17, 15) is 22.4 Å². The second-order valence-corrected chi connectivity index (χ2v) is 12.9. The fourth-order valence-electron chi connectivity index (χ4n) is 5.18.